The molecule has 0 saturated heterocycles. The predicted molar refractivity (Wildman–Crippen MR) is 76.7 cm³/mol. The van der Waals surface area contributed by atoms with E-state index in [2.05, 4.69) is 24.5 Å². The second-order valence-corrected chi connectivity index (χ2v) is 5.61. The molecule has 2 N–H and O–H groups in total. The van der Waals surface area contributed by atoms with Gasteiger partial charge in [-0.05, 0) is 25.2 Å². The fraction of sp³-hybridized carbons (Fsp3) is 0.933. The van der Waals surface area contributed by atoms with Crippen LogP contribution in [0.25, 0.3) is 0 Å². The fourth-order valence-corrected chi connectivity index (χ4v) is 2.66. The molecule has 3 heteroatoms. The van der Waals surface area contributed by atoms with E-state index in [-0.39, 0.29) is 6.03 Å². The van der Waals surface area contributed by atoms with Gasteiger partial charge in [-0.3, -0.25) is 0 Å². The van der Waals surface area contributed by atoms with Gasteiger partial charge in [-0.2, -0.15) is 0 Å². The summed E-state index contributed by atoms with van der Waals surface area (Å²) in [6, 6.07) is 0.450. The summed E-state index contributed by atoms with van der Waals surface area (Å²) in [6.07, 6.45) is 11.1. The van der Waals surface area contributed by atoms with Crippen LogP contribution in [0.4, 0.5) is 4.79 Å². The maximum absolute atomic E-state index is 11.8. The zero-order chi connectivity index (χ0) is 13.2. The van der Waals surface area contributed by atoms with Gasteiger partial charge < -0.3 is 10.6 Å². The van der Waals surface area contributed by atoms with Crippen molar-refractivity contribution in [1.82, 2.24) is 10.6 Å². The summed E-state index contributed by atoms with van der Waals surface area (Å²) in [4.78, 5) is 11.8. The van der Waals surface area contributed by atoms with E-state index in [1.165, 1.54) is 38.5 Å². The highest BCUT2D eigenvalue weighted by atomic mass is 16.2. The van der Waals surface area contributed by atoms with Gasteiger partial charge in [-0.25, -0.2) is 4.79 Å². The monoisotopic (exact) mass is 254 g/mol. The van der Waals surface area contributed by atoms with Crippen molar-refractivity contribution in [1.29, 1.82) is 0 Å². The SMILES string of the molecule is CCCCC(CC)CNC(=O)NC1CCCCC1. The topological polar surface area (TPSA) is 41.1 Å². The van der Waals surface area contributed by atoms with Gasteiger partial charge >= 0.3 is 6.03 Å². The Hall–Kier alpha value is -0.730. The van der Waals surface area contributed by atoms with Crippen molar-refractivity contribution in [3.05, 3.63) is 0 Å². The first-order chi connectivity index (χ1) is 8.76. The molecule has 3 nitrogen and oxygen atoms in total. The third-order valence-electron chi connectivity index (χ3n) is 4.03. The molecule has 0 aromatic carbocycles. The summed E-state index contributed by atoms with van der Waals surface area (Å²) >= 11 is 0. The third kappa shape index (κ3) is 6.27. The summed E-state index contributed by atoms with van der Waals surface area (Å²) in [7, 11) is 0. The van der Waals surface area contributed by atoms with Crippen LogP contribution in [0.5, 0.6) is 0 Å². The molecule has 0 spiro atoms. The van der Waals surface area contributed by atoms with Gasteiger partial charge in [0.2, 0.25) is 0 Å². The molecular formula is C15H30N2O. The second kappa shape index (κ2) is 9.23. The molecule has 1 aliphatic rings. The van der Waals surface area contributed by atoms with E-state index >= 15 is 0 Å². The first-order valence-corrected chi connectivity index (χ1v) is 7.80. The zero-order valence-electron chi connectivity index (χ0n) is 12.1. The largest absolute Gasteiger partial charge is 0.338 e. The van der Waals surface area contributed by atoms with E-state index < -0.39 is 0 Å². The molecule has 1 atom stereocenters. The highest BCUT2D eigenvalue weighted by Gasteiger charge is 2.15. The normalized spacial score (nSPS) is 18.3. The van der Waals surface area contributed by atoms with Crippen LogP contribution in [-0.2, 0) is 0 Å². The Bertz CT molecular complexity index is 225. The van der Waals surface area contributed by atoms with Gasteiger partial charge in [0.25, 0.3) is 0 Å². The molecular weight excluding hydrogens is 224 g/mol. The number of carbonyl (C=O) groups excluding carboxylic acids is 1. The Morgan fingerprint density at radius 1 is 1.22 bits per heavy atom. The van der Waals surface area contributed by atoms with E-state index in [0.29, 0.717) is 12.0 Å². The first-order valence-electron chi connectivity index (χ1n) is 7.80. The number of unbranched alkanes of at least 4 members (excludes halogenated alkanes) is 1. The van der Waals surface area contributed by atoms with Crippen molar-refractivity contribution in [2.75, 3.05) is 6.54 Å². The average molecular weight is 254 g/mol. The molecule has 0 bridgehead atoms. The highest BCUT2D eigenvalue weighted by molar-refractivity contribution is 5.74. The standard InChI is InChI=1S/C15H30N2O/c1-3-5-9-13(4-2)12-16-15(18)17-14-10-7-6-8-11-14/h13-14H,3-12H2,1-2H3,(H2,16,17,18). The average Bonchev–Trinajstić information content (AvgIpc) is 2.40. The number of urea groups is 1. The Kier molecular flexibility index (Phi) is 7.86. The van der Waals surface area contributed by atoms with E-state index in [1.54, 1.807) is 0 Å². The maximum atomic E-state index is 11.8. The molecule has 0 aromatic rings. The van der Waals surface area contributed by atoms with Crippen LogP contribution in [0.15, 0.2) is 0 Å². The van der Waals surface area contributed by atoms with E-state index in [1.807, 2.05) is 0 Å². The lowest BCUT2D eigenvalue weighted by Gasteiger charge is -2.23. The summed E-state index contributed by atoms with van der Waals surface area (Å²) in [5.41, 5.74) is 0. The van der Waals surface area contributed by atoms with Gasteiger partial charge in [0.1, 0.15) is 0 Å². The molecule has 1 saturated carbocycles. The smallest absolute Gasteiger partial charge is 0.315 e. The molecule has 0 heterocycles. The molecule has 106 valence electrons. The van der Waals surface area contributed by atoms with Crippen LogP contribution in [0.3, 0.4) is 0 Å². The first kappa shape index (κ1) is 15.3. The number of carbonyl (C=O) groups is 1. The lowest BCUT2D eigenvalue weighted by Crippen LogP contribution is -2.44. The van der Waals surface area contributed by atoms with Gasteiger partial charge in [0.15, 0.2) is 0 Å². The quantitative estimate of drug-likeness (QED) is 0.712. The number of rotatable bonds is 7. The molecule has 2 amide bonds. The minimum absolute atomic E-state index is 0.0387. The van der Waals surface area contributed by atoms with E-state index in [0.717, 1.165) is 25.8 Å². The lowest BCUT2D eigenvalue weighted by atomic mass is 9.96. The lowest BCUT2D eigenvalue weighted by molar-refractivity contribution is 0.230. The van der Waals surface area contributed by atoms with Crippen LogP contribution >= 0.6 is 0 Å². The summed E-state index contributed by atoms with van der Waals surface area (Å²) in [5.74, 6) is 0.641. The van der Waals surface area contributed by atoms with E-state index in [4.69, 9.17) is 0 Å². The Morgan fingerprint density at radius 2 is 1.94 bits per heavy atom. The fourth-order valence-electron chi connectivity index (χ4n) is 2.66. The Morgan fingerprint density at radius 3 is 2.56 bits per heavy atom. The minimum Gasteiger partial charge on any atom is -0.338 e. The predicted octanol–water partition coefficient (Wildman–Crippen LogP) is 3.83. The van der Waals surface area contributed by atoms with Crippen molar-refractivity contribution in [3.63, 3.8) is 0 Å². The molecule has 0 aromatic heterocycles. The summed E-state index contributed by atoms with van der Waals surface area (Å²) < 4.78 is 0. The molecule has 1 unspecified atom stereocenters. The highest BCUT2D eigenvalue weighted by Crippen LogP contribution is 2.17. The molecule has 1 fully saturated rings. The zero-order valence-corrected chi connectivity index (χ0v) is 12.1. The van der Waals surface area contributed by atoms with Crippen molar-refractivity contribution >= 4 is 6.03 Å². The molecule has 1 rings (SSSR count). The second-order valence-electron chi connectivity index (χ2n) is 5.61. The van der Waals surface area contributed by atoms with Crippen molar-refractivity contribution in [2.45, 2.75) is 77.7 Å². The van der Waals surface area contributed by atoms with Crippen LogP contribution < -0.4 is 10.6 Å². The van der Waals surface area contributed by atoms with Crippen LogP contribution in [-0.4, -0.2) is 18.6 Å². The molecule has 0 aliphatic heterocycles. The van der Waals surface area contributed by atoms with Crippen LogP contribution in [0, 0.1) is 5.92 Å². The Labute approximate surface area is 112 Å². The van der Waals surface area contributed by atoms with Gasteiger partial charge in [-0.15, -0.1) is 0 Å². The summed E-state index contributed by atoms with van der Waals surface area (Å²) in [5, 5.41) is 6.14. The van der Waals surface area contributed by atoms with Crippen molar-refractivity contribution in [3.8, 4) is 0 Å². The van der Waals surface area contributed by atoms with Gasteiger partial charge in [0, 0.05) is 12.6 Å². The number of hydrogen-bond donors (Lipinski definition) is 2. The van der Waals surface area contributed by atoms with Crippen molar-refractivity contribution in [2.24, 2.45) is 5.92 Å². The van der Waals surface area contributed by atoms with E-state index in [9.17, 15) is 4.79 Å². The minimum atomic E-state index is 0.0387. The Balaban J connectivity index is 2.14. The maximum Gasteiger partial charge on any atom is 0.315 e. The van der Waals surface area contributed by atoms with Crippen LogP contribution in [0.1, 0.15) is 71.6 Å². The van der Waals surface area contributed by atoms with Crippen molar-refractivity contribution < 1.29 is 4.79 Å². The van der Waals surface area contributed by atoms with Gasteiger partial charge in [0.05, 0.1) is 0 Å². The number of nitrogens with one attached hydrogen (secondary N) is 2. The molecule has 1 aliphatic carbocycles. The van der Waals surface area contributed by atoms with Crippen LogP contribution in [0.2, 0.25) is 0 Å². The molecule has 0 radical (unpaired) electrons. The van der Waals surface area contributed by atoms with Gasteiger partial charge in [-0.1, -0.05) is 52.4 Å². The number of hydrogen-bond acceptors (Lipinski definition) is 1. The number of amides is 2. The molecule has 18 heavy (non-hydrogen) atoms. The summed E-state index contributed by atoms with van der Waals surface area (Å²) in [6.45, 7) is 5.26. The third-order valence-corrected chi connectivity index (χ3v) is 4.03.